The molecule has 0 bridgehead atoms. The van der Waals surface area contributed by atoms with E-state index in [1.165, 1.54) is 5.56 Å². The highest BCUT2D eigenvalue weighted by Gasteiger charge is 2.25. The molecule has 1 aliphatic rings. The van der Waals surface area contributed by atoms with Crippen LogP contribution in [0.1, 0.15) is 44.1 Å². The quantitative estimate of drug-likeness (QED) is 0.888. The van der Waals surface area contributed by atoms with Gasteiger partial charge >= 0.3 is 0 Å². The van der Waals surface area contributed by atoms with Gasteiger partial charge in [-0.25, -0.2) is 4.98 Å². The maximum absolute atomic E-state index is 12.2. The summed E-state index contributed by atoms with van der Waals surface area (Å²) in [4.78, 5) is 18.6. The maximum Gasteiger partial charge on any atom is 0.222 e. The van der Waals surface area contributed by atoms with Crippen molar-refractivity contribution in [3.8, 4) is 0 Å². The lowest BCUT2D eigenvalue weighted by Crippen LogP contribution is -2.47. The number of nitrogens with zero attached hydrogens (tertiary/aromatic N) is 3. The second kappa shape index (κ2) is 7.62. The Morgan fingerprint density at radius 2 is 2.08 bits per heavy atom. The normalized spacial score (nSPS) is 18.4. The van der Waals surface area contributed by atoms with Gasteiger partial charge in [0.1, 0.15) is 5.82 Å². The average molecular weight is 326 g/mol. The van der Waals surface area contributed by atoms with Gasteiger partial charge in [-0.1, -0.05) is 30.3 Å². The van der Waals surface area contributed by atoms with Crippen molar-refractivity contribution in [3.63, 3.8) is 0 Å². The predicted molar refractivity (Wildman–Crippen MR) is 94.3 cm³/mol. The van der Waals surface area contributed by atoms with Crippen LogP contribution >= 0.6 is 0 Å². The highest BCUT2D eigenvalue weighted by atomic mass is 16.2. The van der Waals surface area contributed by atoms with E-state index < -0.39 is 0 Å². The summed E-state index contributed by atoms with van der Waals surface area (Å²) in [5.74, 6) is 1.30. The van der Waals surface area contributed by atoms with Crippen molar-refractivity contribution < 1.29 is 4.79 Å². The van der Waals surface area contributed by atoms with Gasteiger partial charge in [-0.3, -0.25) is 4.79 Å². The molecule has 128 valence electrons. The van der Waals surface area contributed by atoms with Gasteiger partial charge in [-0.2, -0.15) is 0 Å². The first kappa shape index (κ1) is 16.7. The first-order valence-corrected chi connectivity index (χ1v) is 8.70. The van der Waals surface area contributed by atoms with Crippen LogP contribution in [0.5, 0.6) is 0 Å². The van der Waals surface area contributed by atoms with Crippen LogP contribution in [0.3, 0.4) is 0 Å². The van der Waals surface area contributed by atoms with Gasteiger partial charge in [-0.15, -0.1) is 0 Å². The molecule has 0 radical (unpaired) electrons. The zero-order valence-corrected chi connectivity index (χ0v) is 14.5. The second-order valence-electron chi connectivity index (χ2n) is 6.72. The third-order valence-electron chi connectivity index (χ3n) is 4.57. The molecular formula is C19H26N4O. The molecule has 1 atom stereocenters. The van der Waals surface area contributed by atoms with E-state index in [4.69, 9.17) is 0 Å². The smallest absolute Gasteiger partial charge is 0.222 e. The Morgan fingerprint density at radius 1 is 1.29 bits per heavy atom. The maximum atomic E-state index is 12.2. The minimum Gasteiger partial charge on any atom is -0.337 e. The summed E-state index contributed by atoms with van der Waals surface area (Å²) in [7, 11) is 0. The molecule has 1 saturated heterocycles. The number of hydrogen-bond donors (Lipinski definition) is 1. The van der Waals surface area contributed by atoms with Gasteiger partial charge in [0.05, 0.1) is 6.54 Å². The van der Waals surface area contributed by atoms with Crippen molar-refractivity contribution >= 4 is 5.91 Å². The molecule has 1 amide bonds. The van der Waals surface area contributed by atoms with E-state index in [1.54, 1.807) is 0 Å². The predicted octanol–water partition coefficient (Wildman–Crippen LogP) is 2.74. The van der Waals surface area contributed by atoms with Crippen molar-refractivity contribution in [2.24, 2.45) is 0 Å². The fraction of sp³-hybridized carbons (Fsp3) is 0.474. The van der Waals surface area contributed by atoms with Crippen molar-refractivity contribution in [2.75, 3.05) is 6.54 Å². The van der Waals surface area contributed by atoms with Gasteiger partial charge in [0.25, 0.3) is 0 Å². The lowest BCUT2D eigenvalue weighted by molar-refractivity contribution is -0.134. The molecule has 3 rings (SSSR count). The minimum absolute atomic E-state index is 0.251. The monoisotopic (exact) mass is 326 g/mol. The average Bonchev–Trinajstić information content (AvgIpc) is 3.05. The lowest BCUT2D eigenvalue weighted by atomic mass is 10.0. The summed E-state index contributed by atoms with van der Waals surface area (Å²) in [5.41, 5.74) is 1.18. The van der Waals surface area contributed by atoms with Crippen LogP contribution in [0.4, 0.5) is 0 Å². The number of hydrogen-bond acceptors (Lipinski definition) is 3. The Bertz CT molecular complexity index is 665. The number of aromatic nitrogens is 2. The highest BCUT2D eigenvalue weighted by Crippen LogP contribution is 2.16. The number of amides is 1. The third-order valence-corrected chi connectivity index (χ3v) is 4.57. The zero-order chi connectivity index (χ0) is 16.9. The molecule has 0 unspecified atom stereocenters. The van der Waals surface area contributed by atoms with E-state index in [2.05, 4.69) is 40.8 Å². The van der Waals surface area contributed by atoms with E-state index in [9.17, 15) is 4.79 Å². The van der Waals surface area contributed by atoms with Crippen molar-refractivity contribution in [1.82, 2.24) is 19.8 Å². The van der Waals surface area contributed by atoms with Crippen LogP contribution in [0.15, 0.2) is 42.7 Å². The Kier molecular flexibility index (Phi) is 5.30. The molecular weight excluding hydrogens is 300 g/mol. The Labute approximate surface area is 143 Å². The molecule has 5 heteroatoms. The molecule has 1 aliphatic heterocycles. The van der Waals surface area contributed by atoms with Gasteiger partial charge in [0.15, 0.2) is 0 Å². The van der Waals surface area contributed by atoms with E-state index in [0.29, 0.717) is 25.0 Å². The van der Waals surface area contributed by atoms with Crippen molar-refractivity contribution in [3.05, 3.63) is 54.1 Å². The van der Waals surface area contributed by atoms with Crippen LogP contribution < -0.4 is 5.32 Å². The van der Waals surface area contributed by atoms with Gasteiger partial charge < -0.3 is 14.8 Å². The zero-order valence-electron chi connectivity index (χ0n) is 14.5. The van der Waals surface area contributed by atoms with Crippen molar-refractivity contribution in [2.45, 2.75) is 51.9 Å². The summed E-state index contributed by atoms with van der Waals surface area (Å²) < 4.78 is 2.18. The largest absolute Gasteiger partial charge is 0.337 e. The summed E-state index contributed by atoms with van der Waals surface area (Å²) in [5, 5.41) is 3.58. The molecule has 0 aliphatic carbocycles. The van der Waals surface area contributed by atoms with Crippen LogP contribution in [-0.2, 0) is 17.9 Å². The molecule has 2 aromatic rings. The molecule has 0 spiro atoms. The van der Waals surface area contributed by atoms with Gasteiger partial charge in [0.2, 0.25) is 5.91 Å². The summed E-state index contributed by atoms with van der Waals surface area (Å²) in [6, 6.07) is 10.9. The van der Waals surface area contributed by atoms with Crippen LogP contribution in [0.2, 0.25) is 0 Å². The summed E-state index contributed by atoms with van der Waals surface area (Å²) in [6.45, 7) is 6.51. The fourth-order valence-corrected chi connectivity index (χ4v) is 3.22. The van der Waals surface area contributed by atoms with E-state index in [-0.39, 0.29) is 5.91 Å². The lowest BCUT2D eigenvalue weighted by Gasteiger charge is -2.33. The SMILES string of the molecule is CC(C)n1ccnc1CN[C@@H]1CCC(=O)N(Cc2ccccc2)C1. The fourth-order valence-electron chi connectivity index (χ4n) is 3.22. The van der Waals surface area contributed by atoms with Crippen LogP contribution in [0, 0.1) is 0 Å². The minimum atomic E-state index is 0.251. The first-order valence-electron chi connectivity index (χ1n) is 8.70. The summed E-state index contributed by atoms with van der Waals surface area (Å²) >= 11 is 0. The molecule has 1 aromatic carbocycles. The standard InChI is InChI=1S/C19H26N4O/c1-15(2)23-11-10-20-18(23)12-21-17-8-9-19(24)22(14-17)13-16-6-4-3-5-7-16/h3-7,10-11,15,17,21H,8-9,12-14H2,1-2H3/t17-/m1/s1. The number of carbonyl (C=O) groups is 1. The Balaban J connectivity index is 1.57. The van der Waals surface area contributed by atoms with Gasteiger partial charge in [0, 0.05) is 44.0 Å². The molecule has 0 saturated carbocycles. The molecule has 2 heterocycles. The number of imidazole rings is 1. The second-order valence-corrected chi connectivity index (χ2v) is 6.72. The van der Waals surface area contributed by atoms with Crippen molar-refractivity contribution in [1.29, 1.82) is 0 Å². The molecule has 1 aromatic heterocycles. The number of nitrogens with one attached hydrogen (secondary N) is 1. The number of carbonyl (C=O) groups excluding carboxylic acids is 1. The van der Waals surface area contributed by atoms with Crippen LogP contribution in [-0.4, -0.2) is 32.9 Å². The molecule has 1 fully saturated rings. The Hall–Kier alpha value is -2.14. The topological polar surface area (TPSA) is 50.2 Å². The van der Waals surface area contributed by atoms with E-state index in [1.807, 2.05) is 35.5 Å². The third kappa shape index (κ3) is 4.03. The van der Waals surface area contributed by atoms with Gasteiger partial charge in [-0.05, 0) is 25.8 Å². The number of piperidine rings is 1. The summed E-state index contributed by atoms with van der Waals surface area (Å²) in [6.07, 6.45) is 5.38. The number of benzene rings is 1. The molecule has 1 N–H and O–H groups in total. The first-order chi connectivity index (χ1) is 11.6. The van der Waals surface area contributed by atoms with E-state index in [0.717, 1.165) is 25.3 Å². The number of likely N-dealkylation sites (tertiary alicyclic amines) is 1. The van der Waals surface area contributed by atoms with E-state index >= 15 is 0 Å². The molecule has 24 heavy (non-hydrogen) atoms. The highest BCUT2D eigenvalue weighted by molar-refractivity contribution is 5.77. The number of rotatable bonds is 6. The Morgan fingerprint density at radius 3 is 2.83 bits per heavy atom. The van der Waals surface area contributed by atoms with Crippen LogP contribution in [0.25, 0.3) is 0 Å². The molecule has 5 nitrogen and oxygen atoms in total.